The second-order valence-corrected chi connectivity index (χ2v) is 5.89. The number of benzene rings is 1. The summed E-state index contributed by atoms with van der Waals surface area (Å²) in [5.74, 6) is -3.46. The Kier molecular flexibility index (Phi) is 5.86. The minimum Gasteiger partial charge on any atom is -0.491 e. The summed E-state index contributed by atoms with van der Waals surface area (Å²) in [4.78, 5) is 23.2. The molecule has 25 heavy (non-hydrogen) atoms. The molecule has 1 aromatic rings. The molecule has 9 heteroatoms. The van der Waals surface area contributed by atoms with E-state index in [4.69, 9.17) is 9.84 Å². The molecule has 1 saturated carbocycles. The van der Waals surface area contributed by atoms with Crippen molar-refractivity contribution in [3.05, 3.63) is 24.0 Å². The predicted molar refractivity (Wildman–Crippen MR) is 79.7 cm³/mol. The fourth-order valence-electron chi connectivity index (χ4n) is 2.67. The number of aliphatic carboxylic acids is 1. The number of rotatable bonds is 6. The van der Waals surface area contributed by atoms with Gasteiger partial charge < -0.3 is 15.2 Å². The van der Waals surface area contributed by atoms with Crippen molar-refractivity contribution in [1.29, 1.82) is 0 Å². The molecule has 2 N–H and O–H groups in total. The minimum atomic E-state index is -4.41. The summed E-state index contributed by atoms with van der Waals surface area (Å²) in [6.45, 7) is -0.708. The molecule has 2 atom stereocenters. The first kappa shape index (κ1) is 19.0. The number of amides is 1. The Morgan fingerprint density at radius 3 is 2.52 bits per heavy atom. The van der Waals surface area contributed by atoms with Crippen LogP contribution in [0.4, 0.5) is 23.2 Å². The predicted octanol–water partition coefficient (Wildman–Crippen LogP) is 3.60. The van der Waals surface area contributed by atoms with E-state index in [1.165, 1.54) is 6.07 Å². The first-order valence-electron chi connectivity index (χ1n) is 7.68. The highest BCUT2D eigenvalue weighted by Gasteiger charge is 2.34. The van der Waals surface area contributed by atoms with Crippen molar-refractivity contribution in [2.24, 2.45) is 11.8 Å². The fraction of sp³-hybridized carbons (Fsp3) is 0.500. The van der Waals surface area contributed by atoms with E-state index >= 15 is 0 Å². The zero-order chi connectivity index (χ0) is 18.6. The minimum absolute atomic E-state index is 0.0485. The van der Waals surface area contributed by atoms with E-state index in [1.54, 1.807) is 0 Å². The lowest BCUT2D eigenvalue weighted by molar-refractivity contribution is -0.142. The van der Waals surface area contributed by atoms with Crippen molar-refractivity contribution in [3.8, 4) is 5.75 Å². The lowest BCUT2D eigenvalue weighted by Gasteiger charge is -2.15. The molecule has 0 aliphatic heterocycles. The highest BCUT2D eigenvalue weighted by molar-refractivity contribution is 5.94. The van der Waals surface area contributed by atoms with Gasteiger partial charge in [0.2, 0.25) is 5.91 Å². The third kappa shape index (κ3) is 5.61. The SMILES string of the molecule is O=C(O)[C@@H]1CC[C@H](C(=O)Nc2ccc(F)cc2OCCC(F)(F)F)C1. The van der Waals surface area contributed by atoms with Crippen molar-refractivity contribution < 1.29 is 37.0 Å². The molecule has 0 aromatic heterocycles. The van der Waals surface area contributed by atoms with Crippen LogP contribution in [0.5, 0.6) is 5.75 Å². The van der Waals surface area contributed by atoms with Gasteiger partial charge in [-0.25, -0.2) is 4.39 Å². The number of alkyl halides is 3. The molecular weight excluding hydrogens is 346 g/mol. The number of ether oxygens (including phenoxy) is 1. The number of carboxylic acid groups (broad SMARTS) is 1. The molecule has 0 saturated heterocycles. The van der Waals surface area contributed by atoms with Crippen LogP contribution in [0, 0.1) is 17.7 Å². The van der Waals surface area contributed by atoms with Crippen LogP contribution < -0.4 is 10.1 Å². The van der Waals surface area contributed by atoms with Crippen molar-refractivity contribution in [2.45, 2.75) is 31.9 Å². The maximum atomic E-state index is 13.3. The highest BCUT2D eigenvalue weighted by Crippen LogP contribution is 2.33. The number of halogens is 4. The third-order valence-corrected chi connectivity index (χ3v) is 4.00. The first-order valence-corrected chi connectivity index (χ1v) is 7.68. The summed E-state index contributed by atoms with van der Waals surface area (Å²) >= 11 is 0. The summed E-state index contributed by atoms with van der Waals surface area (Å²) in [5, 5.41) is 11.4. The Morgan fingerprint density at radius 1 is 1.24 bits per heavy atom. The average Bonchev–Trinajstić information content (AvgIpc) is 2.99. The Bertz CT molecular complexity index is 648. The Labute approximate surface area is 141 Å². The Morgan fingerprint density at radius 2 is 1.92 bits per heavy atom. The van der Waals surface area contributed by atoms with Crippen LogP contribution in [0.1, 0.15) is 25.7 Å². The maximum Gasteiger partial charge on any atom is 0.392 e. The van der Waals surface area contributed by atoms with E-state index in [2.05, 4.69) is 5.32 Å². The summed E-state index contributed by atoms with van der Waals surface area (Å²) in [5.41, 5.74) is 0.0485. The number of carboxylic acids is 1. The van der Waals surface area contributed by atoms with Gasteiger partial charge in [-0.2, -0.15) is 13.2 Å². The number of hydrogen-bond acceptors (Lipinski definition) is 3. The summed E-state index contributed by atoms with van der Waals surface area (Å²) in [6.07, 6.45) is -4.65. The fourth-order valence-corrected chi connectivity index (χ4v) is 2.67. The van der Waals surface area contributed by atoms with Crippen LogP contribution in [0.25, 0.3) is 0 Å². The van der Waals surface area contributed by atoms with E-state index in [0.29, 0.717) is 12.8 Å². The number of carbonyl (C=O) groups is 2. The molecule has 5 nitrogen and oxygen atoms in total. The summed E-state index contributed by atoms with van der Waals surface area (Å²) in [6, 6.07) is 3.13. The standard InChI is InChI=1S/C16H17F4NO4/c17-11-3-4-12(13(8-11)25-6-5-16(18,19)20)21-14(22)9-1-2-10(7-9)15(23)24/h3-4,8-10H,1-2,5-7H2,(H,21,22)(H,23,24)/t9-,10+/m0/s1. The topological polar surface area (TPSA) is 75.6 Å². The van der Waals surface area contributed by atoms with Crippen LogP contribution in [0.2, 0.25) is 0 Å². The second-order valence-electron chi connectivity index (χ2n) is 5.89. The number of nitrogens with one attached hydrogen (secondary N) is 1. The normalized spacial score (nSPS) is 20.3. The van der Waals surface area contributed by atoms with Gasteiger partial charge in [-0.15, -0.1) is 0 Å². The molecule has 2 rings (SSSR count). The molecule has 0 heterocycles. The van der Waals surface area contributed by atoms with Gasteiger partial charge in [-0.1, -0.05) is 0 Å². The van der Waals surface area contributed by atoms with E-state index in [-0.39, 0.29) is 17.9 Å². The molecular formula is C16H17F4NO4. The molecule has 1 fully saturated rings. The van der Waals surface area contributed by atoms with Crippen molar-refractivity contribution in [1.82, 2.24) is 0 Å². The number of carbonyl (C=O) groups excluding carboxylic acids is 1. The van der Waals surface area contributed by atoms with E-state index in [0.717, 1.165) is 12.1 Å². The van der Waals surface area contributed by atoms with Crippen molar-refractivity contribution in [2.75, 3.05) is 11.9 Å². The second kappa shape index (κ2) is 7.71. The lowest BCUT2D eigenvalue weighted by atomic mass is 10.0. The molecule has 1 aliphatic carbocycles. The Balaban J connectivity index is 2.01. The molecule has 0 bridgehead atoms. The quantitative estimate of drug-likeness (QED) is 0.758. The Hall–Kier alpha value is -2.32. The van der Waals surface area contributed by atoms with Gasteiger partial charge >= 0.3 is 12.1 Å². The average molecular weight is 363 g/mol. The van der Waals surface area contributed by atoms with Gasteiger partial charge in [-0.05, 0) is 31.4 Å². The molecule has 1 aliphatic rings. The summed E-state index contributed by atoms with van der Waals surface area (Å²) < 4.78 is 54.8. The largest absolute Gasteiger partial charge is 0.491 e. The van der Waals surface area contributed by atoms with Gasteiger partial charge in [0.1, 0.15) is 11.6 Å². The van der Waals surface area contributed by atoms with Crippen LogP contribution in [0.15, 0.2) is 18.2 Å². The smallest absolute Gasteiger partial charge is 0.392 e. The van der Waals surface area contributed by atoms with Crippen molar-refractivity contribution >= 4 is 17.6 Å². The van der Waals surface area contributed by atoms with Gasteiger partial charge in [-0.3, -0.25) is 9.59 Å². The van der Waals surface area contributed by atoms with E-state index in [9.17, 15) is 27.2 Å². The van der Waals surface area contributed by atoms with Crippen LogP contribution in [0.3, 0.4) is 0 Å². The molecule has 138 valence electrons. The van der Waals surface area contributed by atoms with Gasteiger partial charge in [0.25, 0.3) is 0 Å². The molecule has 0 spiro atoms. The molecule has 0 unspecified atom stereocenters. The molecule has 1 amide bonds. The first-order chi connectivity index (χ1) is 11.7. The van der Waals surface area contributed by atoms with Crippen molar-refractivity contribution in [3.63, 3.8) is 0 Å². The summed E-state index contributed by atoms with van der Waals surface area (Å²) in [7, 11) is 0. The zero-order valence-electron chi connectivity index (χ0n) is 13.1. The van der Waals surface area contributed by atoms with E-state index in [1.807, 2.05) is 0 Å². The monoisotopic (exact) mass is 363 g/mol. The highest BCUT2D eigenvalue weighted by atomic mass is 19.4. The van der Waals surface area contributed by atoms with Crippen LogP contribution >= 0.6 is 0 Å². The van der Waals surface area contributed by atoms with Crippen LogP contribution in [-0.4, -0.2) is 29.8 Å². The van der Waals surface area contributed by atoms with Gasteiger partial charge in [0.05, 0.1) is 24.6 Å². The zero-order valence-corrected chi connectivity index (χ0v) is 13.1. The number of anilines is 1. The molecule has 1 aromatic carbocycles. The van der Waals surface area contributed by atoms with E-state index < -0.39 is 48.7 Å². The van der Waals surface area contributed by atoms with Gasteiger partial charge in [0.15, 0.2) is 0 Å². The molecule has 0 radical (unpaired) electrons. The third-order valence-electron chi connectivity index (χ3n) is 4.00. The van der Waals surface area contributed by atoms with Crippen LogP contribution in [-0.2, 0) is 9.59 Å². The van der Waals surface area contributed by atoms with Gasteiger partial charge in [0, 0.05) is 12.0 Å². The maximum absolute atomic E-state index is 13.3. The lowest BCUT2D eigenvalue weighted by Crippen LogP contribution is -2.22. The number of hydrogen-bond donors (Lipinski definition) is 2.